The summed E-state index contributed by atoms with van der Waals surface area (Å²) in [7, 11) is 8.00. The summed E-state index contributed by atoms with van der Waals surface area (Å²) >= 11 is 0. The first-order valence-corrected chi connectivity index (χ1v) is 17.4. The van der Waals surface area contributed by atoms with Crippen LogP contribution in [0.5, 0.6) is 11.5 Å². The van der Waals surface area contributed by atoms with Crippen LogP contribution in [0.2, 0.25) is 0 Å². The zero-order valence-corrected chi connectivity index (χ0v) is 30.4. The highest BCUT2D eigenvalue weighted by atomic mass is 17.1. The van der Waals surface area contributed by atoms with Crippen molar-refractivity contribution in [2.75, 3.05) is 102 Å². The second kappa shape index (κ2) is 16.4. The Morgan fingerprint density at radius 3 is 2.29 bits per heavy atom. The highest BCUT2D eigenvalue weighted by Crippen LogP contribution is 2.43. The maximum Gasteiger partial charge on any atom is 0.323 e. The molecule has 3 aromatic rings. The molecule has 12 heteroatoms. The van der Waals surface area contributed by atoms with Crippen LogP contribution in [0, 0.1) is 6.92 Å². The zero-order valence-electron chi connectivity index (χ0n) is 30.4. The number of ether oxygens (including phenoxy) is 3. The van der Waals surface area contributed by atoms with E-state index in [0.29, 0.717) is 43.4 Å². The van der Waals surface area contributed by atoms with Crippen molar-refractivity contribution in [1.29, 1.82) is 0 Å². The second-order valence-corrected chi connectivity index (χ2v) is 13.2. The van der Waals surface area contributed by atoms with Gasteiger partial charge in [-0.05, 0) is 60.5 Å². The fraction of sp³-hybridized carbons (Fsp3) is 0.350. The van der Waals surface area contributed by atoms with Gasteiger partial charge in [0, 0.05) is 68.1 Å². The molecule has 3 aromatic carbocycles. The van der Waals surface area contributed by atoms with E-state index in [0.717, 1.165) is 55.7 Å². The van der Waals surface area contributed by atoms with Crippen LogP contribution < -0.4 is 34.1 Å². The van der Waals surface area contributed by atoms with Crippen molar-refractivity contribution in [3.63, 3.8) is 0 Å². The lowest BCUT2D eigenvalue weighted by atomic mass is 9.93. The minimum Gasteiger partial charge on any atom is -0.488 e. The number of aryl methyl sites for hydroxylation is 1. The highest BCUT2D eigenvalue weighted by molar-refractivity contribution is 6.03. The smallest absolute Gasteiger partial charge is 0.323 e. The van der Waals surface area contributed by atoms with Crippen molar-refractivity contribution in [3.8, 4) is 33.9 Å². The molecule has 0 radical (unpaired) electrons. The van der Waals surface area contributed by atoms with E-state index in [9.17, 15) is 9.90 Å². The monoisotopic (exact) mass is 711 g/mol. The Kier molecular flexibility index (Phi) is 11.5. The Balaban J connectivity index is 1.45. The molecule has 6 rings (SSSR count). The van der Waals surface area contributed by atoms with Crippen molar-refractivity contribution >= 4 is 34.0 Å². The maximum atomic E-state index is 12.1. The van der Waals surface area contributed by atoms with E-state index in [1.807, 2.05) is 98.0 Å². The van der Waals surface area contributed by atoms with E-state index < -0.39 is 5.97 Å². The topological polar surface area (TPSA) is 120 Å². The molecule has 0 unspecified atom stereocenters. The second-order valence-electron chi connectivity index (χ2n) is 13.2. The van der Waals surface area contributed by atoms with Crippen LogP contribution in [0.15, 0.2) is 77.2 Å². The molecule has 12 nitrogen and oxygen atoms in total. The van der Waals surface area contributed by atoms with Crippen LogP contribution in [0.25, 0.3) is 33.4 Å². The van der Waals surface area contributed by atoms with Crippen LogP contribution in [0.4, 0.5) is 17.1 Å². The van der Waals surface area contributed by atoms with E-state index in [2.05, 4.69) is 29.2 Å². The SMILES string of the molecule is Cc1ccc2c(c1)OCCOc1cc(-c3c4ccc(=[N+](C)C)cc-4oc4cc(N(C)C)ccc34)ccc1N(CC(=O)O)CCOCCN2CCOO. The van der Waals surface area contributed by atoms with E-state index in [1.54, 1.807) is 4.90 Å². The van der Waals surface area contributed by atoms with Gasteiger partial charge in [-0.1, -0.05) is 12.1 Å². The van der Waals surface area contributed by atoms with E-state index in [4.69, 9.17) is 23.9 Å². The van der Waals surface area contributed by atoms with Gasteiger partial charge in [0.15, 0.2) is 0 Å². The first-order valence-electron chi connectivity index (χ1n) is 17.4. The summed E-state index contributed by atoms with van der Waals surface area (Å²) in [4.78, 5) is 22.4. The fourth-order valence-corrected chi connectivity index (χ4v) is 6.49. The number of carbonyl (C=O) groups is 1. The van der Waals surface area contributed by atoms with Crippen LogP contribution in [-0.2, 0) is 14.4 Å². The molecule has 2 N–H and O–H groups in total. The number of aliphatic carboxylic acids is 1. The summed E-state index contributed by atoms with van der Waals surface area (Å²) in [6.45, 7) is 4.20. The summed E-state index contributed by atoms with van der Waals surface area (Å²) in [6, 6.07) is 24.3. The number of carboxylic acids is 1. The zero-order chi connectivity index (χ0) is 36.8. The van der Waals surface area contributed by atoms with Gasteiger partial charge in [-0.2, -0.15) is 0 Å². The van der Waals surface area contributed by atoms with Gasteiger partial charge >= 0.3 is 5.97 Å². The Hall–Kier alpha value is -5.30. The Bertz CT molecular complexity index is 2070. The molecule has 0 spiro atoms. The largest absolute Gasteiger partial charge is 0.488 e. The van der Waals surface area contributed by atoms with Crippen molar-refractivity contribution in [2.45, 2.75) is 6.92 Å². The predicted octanol–water partition coefficient (Wildman–Crippen LogP) is 5.29. The molecule has 2 heterocycles. The fourth-order valence-electron chi connectivity index (χ4n) is 6.49. The number of rotatable bonds is 7. The maximum absolute atomic E-state index is 12.1. The van der Waals surface area contributed by atoms with Crippen LogP contribution in [0.3, 0.4) is 0 Å². The molecule has 3 aliphatic rings. The molecule has 1 aliphatic carbocycles. The van der Waals surface area contributed by atoms with Crippen molar-refractivity contribution < 1.29 is 38.7 Å². The number of anilines is 3. The van der Waals surface area contributed by atoms with Gasteiger partial charge in [-0.25, -0.2) is 9.46 Å². The third kappa shape index (κ3) is 8.25. The van der Waals surface area contributed by atoms with Gasteiger partial charge in [-0.3, -0.25) is 10.1 Å². The number of fused-ring (bicyclic) bond motifs is 4. The Labute approximate surface area is 303 Å². The van der Waals surface area contributed by atoms with Crippen LogP contribution >= 0.6 is 0 Å². The Morgan fingerprint density at radius 1 is 0.865 bits per heavy atom. The van der Waals surface area contributed by atoms with Crippen LogP contribution in [0.1, 0.15) is 5.56 Å². The quantitative estimate of drug-likeness (QED) is 0.0993. The lowest BCUT2D eigenvalue weighted by Gasteiger charge is -2.27. The molecule has 0 amide bonds. The minimum absolute atomic E-state index is 0.105. The molecule has 0 aromatic heterocycles. The molecule has 0 atom stereocenters. The number of nitrogens with zero attached hydrogens (tertiary/aromatic N) is 4. The third-order valence-corrected chi connectivity index (χ3v) is 9.16. The van der Waals surface area contributed by atoms with Gasteiger partial charge in [-0.15, -0.1) is 0 Å². The molecule has 0 fully saturated rings. The predicted molar refractivity (Wildman–Crippen MR) is 203 cm³/mol. The summed E-state index contributed by atoms with van der Waals surface area (Å²) in [5.74, 6) is 0.985. The molecule has 0 saturated carbocycles. The first kappa shape index (κ1) is 36.5. The summed E-state index contributed by atoms with van der Waals surface area (Å²) in [5.41, 5.74) is 7.10. The van der Waals surface area contributed by atoms with Gasteiger partial charge < -0.3 is 38.4 Å². The molecule has 52 heavy (non-hydrogen) atoms. The van der Waals surface area contributed by atoms with E-state index in [1.165, 1.54) is 0 Å². The number of hydrogen-bond donors (Lipinski definition) is 2. The summed E-state index contributed by atoms with van der Waals surface area (Å²) in [6.07, 6.45) is 0. The highest BCUT2D eigenvalue weighted by Gasteiger charge is 2.23. The molecule has 274 valence electrons. The summed E-state index contributed by atoms with van der Waals surface area (Å²) in [5, 5.41) is 21.0. The van der Waals surface area contributed by atoms with Crippen molar-refractivity contribution in [1.82, 2.24) is 4.58 Å². The number of benzene rings is 4. The molecule has 2 aliphatic heterocycles. The van der Waals surface area contributed by atoms with Gasteiger partial charge in [0.05, 0.1) is 37.3 Å². The van der Waals surface area contributed by atoms with E-state index in [-0.39, 0.29) is 33.0 Å². The number of hydrogen-bond acceptors (Lipinski definition) is 10. The van der Waals surface area contributed by atoms with Crippen molar-refractivity contribution in [3.05, 3.63) is 83.7 Å². The average Bonchev–Trinajstić information content (AvgIpc) is 3.12. The number of carboxylic acid groups (broad SMARTS) is 1. The van der Waals surface area contributed by atoms with Crippen molar-refractivity contribution in [2.24, 2.45) is 0 Å². The van der Waals surface area contributed by atoms with Gasteiger partial charge in [0.1, 0.15) is 56.7 Å². The van der Waals surface area contributed by atoms with Crippen LogP contribution in [-0.4, -0.2) is 104 Å². The molecular weight excluding hydrogens is 664 g/mol. The lowest BCUT2D eigenvalue weighted by Crippen LogP contribution is -2.34. The van der Waals surface area contributed by atoms with E-state index >= 15 is 0 Å². The summed E-state index contributed by atoms with van der Waals surface area (Å²) < 4.78 is 27.4. The van der Waals surface area contributed by atoms with Gasteiger partial charge in [0.2, 0.25) is 5.36 Å². The normalized spacial score (nSPS) is 14.1. The lowest BCUT2D eigenvalue weighted by molar-refractivity contribution is -0.239. The molecule has 0 bridgehead atoms. The standard InChI is InChI=1S/C40H46N4O8/c1-27-6-12-33-37(22-27)49-20-21-50-38-23-28(7-13-34(38)44(26-39(45)46)15-18-48-17-14-43(33)16-19-51-47)40-31-10-8-29(41(2)3)24-35(31)52-36-25-30(42(4)5)9-11-32(36)40/h6-13,22-25H,14-21,26H2,1-5H3,(H-,45,46,47)/p+1. The van der Waals surface area contributed by atoms with Gasteiger partial charge in [0.25, 0.3) is 0 Å². The first-order chi connectivity index (χ1) is 25.1. The Morgan fingerprint density at radius 2 is 1.58 bits per heavy atom. The molecular formula is C40H47N4O8+. The third-order valence-electron chi connectivity index (χ3n) is 9.16. The molecule has 0 saturated heterocycles. The minimum atomic E-state index is -0.965. The average molecular weight is 712 g/mol.